The summed E-state index contributed by atoms with van der Waals surface area (Å²) < 4.78 is 17.7. The molecule has 2 fully saturated rings. The van der Waals surface area contributed by atoms with Gasteiger partial charge in [-0.1, -0.05) is 18.2 Å². The lowest BCUT2D eigenvalue weighted by atomic mass is 10.3. The molecule has 3 rings (SSSR count). The first-order valence-corrected chi connectivity index (χ1v) is 7.75. The molecule has 1 amide bonds. The van der Waals surface area contributed by atoms with E-state index in [9.17, 15) is 13.8 Å². The summed E-state index contributed by atoms with van der Waals surface area (Å²) in [5.41, 5.74) is 0. The number of piperidine rings is 1. The van der Waals surface area contributed by atoms with E-state index >= 15 is 0 Å². The zero-order valence-corrected chi connectivity index (χ0v) is 11.9. The van der Waals surface area contributed by atoms with Gasteiger partial charge >= 0.3 is 6.09 Å². The van der Waals surface area contributed by atoms with Crippen molar-refractivity contribution in [2.75, 3.05) is 6.61 Å². The molecule has 0 N–H and O–H groups in total. The molecule has 0 radical (unpaired) electrons. The molecule has 20 heavy (non-hydrogen) atoms. The lowest BCUT2D eigenvalue weighted by Gasteiger charge is -2.15. The van der Waals surface area contributed by atoms with Crippen molar-refractivity contribution >= 4 is 22.7 Å². The fraction of sp³-hybridized carbons (Fsp3) is 0.429. The minimum Gasteiger partial charge on any atom is -0.450 e. The second-order valence-electron chi connectivity index (χ2n) is 4.82. The number of carbonyl (C=O) groups excluding carboxylic acids is 2. The Morgan fingerprint density at radius 2 is 2.15 bits per heavy atom. The summed E-state index contributed by atoms with van der Waals surface area (Å²) in [6.45, 7) is 1.95. The molecule has 6 heteroatoms. The average molecular weight is 293 g/mol. The number of carbonyl (C=O) groups is 2. The molecule has 1 heterocycles. The van der Waals surface area contributed by atoms with Crippen molar-refractivity contribution in [1.29, 1.82) is 0 Å². The van der Waals surface area contributed by atoms with Crippen molar-refractivity contribution < 1.29 is 18.5 Å². The summed E-state index contributed by atoms with van der Waals surface area (Å²) in [6, 6.07) is 8.52. The number of hydrogen-bond donors (Lipinski definition) is 0. The molecule has 2 aliphatic rings. The summed E-state index contributed by atoms with van der Waals surface area (Å²) in [5.74, 6) is -0.127. The summed E-state index contributed by atoms with van der Waals surface area (Å²) >= 11 is 0. The topological polar surface area (TPSA) is 63.5 Å². The first kappa shape index (κ1) is 13.3. The van der Waals surface area contributed by atoms with Crippen molar-refractivity contribution in [2.45, 2.75) is 35.6 Å². The third-order valence-electron chi connectivity index (χ3n) is 3.80. The molecule has 0 aromatic heterocycles. The molecule has 0 spiro atoms. The maximum absolute atomic E-state index is 12.8. The van der Waals surface area contributed by atoms with Gasteiger partial charge in [0, 0.05) is 11.3 Å². The average Bonchev–Trinajstić information content (AvgIpc) is 3.04. The van der Waals surface area contributed by atoms with Gasteiger partial charge in [-0.2, -0.15) is 0 Å². The molecule has 1 saturated carbocycles. The van der Waals surface area contributed by atoms with E-state index in [0.717, 1.165) is 0 Å². The third-order valence-corrected chi connectivity index (χ3v) is 5.76. The quantitative estimate of drug-likeness (QED) is 0.796. The van der Waals surface area contributed by atoms with E-state index in [0.29, 0.717) is 17.7 Å². The van der Waals surface area contributed by atoms with E-state index in [1.807, 2.05) is 6.07 Å². The van der Waals surface area contributed by atoms with Gasteiger partial charge in [-0.25, -0.2) is 4.79 Å². The van der Waals surface area contributed by atoms with Crippen LogP contribution in [0.5, 0.6) is 0 Å². The molecule has 0 bridgehead atoms. The van der Waals surface area contributed by atoms with Gasteiger partial charge in [0.2, 0.25) is 4.87 Å². The van der Waals surface area contributed by atoms with Gasteiger partial charge in [-0.3, -0.25) is 13.9 Å². The minimum absolute atomic E-state index is 0.127. The summed E-state index contributed by atoms with van der Waals surface area (Å²) in [7, 11) is -1.56. The molecule has 1 aliphatic carbocycles. The van der Waals surface area contributed by atoms with Gasteiger partial charge in [0.1, 0.15) is 0 Å². The molecule has 1 aromatic rings. The Balaban J connectivity index is 1.95. The number of hydrogen-bond acceptors (Lipinski definition) is 4. The number of fused-ring (bicyclic) bond motifs is 1. The predicted molar refractivity (Wildman–Crippen MR) is 72.5 cm³/mol. The largest absolute Gasteiger partial charge is 0.450 e. The Hall–Kier alpha value is -1.69. The van der Waals surface area contributed by atoms with Crippen LogP contribution >= 0.6 is 0 Å². The predicted octanol–water partition coefficient (Wildman–Crippen LogP) is 1.69. The normalized spacial score (nSPS) is 28.9. The van der Waals surface area contributed by atoms with Gasteiger partial charge in [0.15, 0.2) is 5.78 Å². The first-order chi connectivity index (χ1) is 9.64. The second-order valence-corrected chi connectivity index (χ2v) is 6.46. The van der Waals surface area contributed by atoms with Crippen LogP contribution in [0, 0.1) is 0 Å². The molecule has 3 atom stereocenters. The Morgan fingerprint density at radius 3 is 2.80 bits per heavy atom. The second kappa shape index (κ2) is 4.70. The number of rotatable bonds is 3. The van der Waals surface area contributed by atoms with Crippen LogP contribution in [0.2, 0.25) is 0 Å². The van der Waals surface area contributed by atoms with Crippen LogP contribution in [0.15, 0.2) is 35.2 Å². The van der Waals surface area contributed by atoms with E-state index in [1.165, 1.54) is 4.90 Å². The lowest BCUT2D eigenvalue weighted by Crippen LogP contribution is -2.35. The lowest BCUT2D eigenvalue weighted by molar-refractivity contribution is -0.119. The van der Waals surface area contributed by atoms with Gasteiger partial charge in [0.25, 0.3) is 0 Å². The number of ether oxygens (including phenoxy) is 1. The Morgan fingerprint density at radius 1 is 1.45 bits per heavy atom. The van der Waals surface area contributed by atoms with Crippen LogP contribution in [0.4, 0.5) is 4.79 Å². The highest BCUT2D eigenvalue weighted by atomic mass is 32.2. The first-order valence-electron chi connectivity index (χ1n) is 6.60. The molecule has 5 nitrogen and oxygen atoms in total. The molecule has 0 unspecified atom stereocenters. The Kier molecular flexibility index (Phi) is 3.12. The van der Waals surface area contributed by atoms with E-state index in [1.54, 1.807) is 31.2 Å². The fourth-order valence-electron chi connectivity index (χ4n) is 2.92. The number of nitrogens with zero attached hydrogens (tertiary/aromatic N) is 1. The van der Waals surface area contributed by atoms with E-state index in [2.05, 4.69) is 0 Å². The van der Waals surface area contributed by atoms with E-state index < -0.39 is 21.8 Å². The van der Waals surface area contributed by atoms with Crippen LogP contribution in [0.3, 0.4) is 0 Å². The number of likely N-dealkylation sites (tertiary alicyclic amines) is 1. The van der Waals surface area contributed by atoms with Crippen molar-refractivity contribution in [2.24, 2.45) is 0 Å². The highest BCUT2D eigenvalue weighted by Crippen LogP contribution is 2.54. The maximum Gasteiger partial charge on any atom is 0.411 e. The Labute approximate surface area is 119 Å². The van der Waals surface area contributed by atoms with Crippen LogP contribution in [0.1, 0.15) is 19.8 Å². The van der Waals surface area contributed by atoms with Crippen LogP contribution in [0.25, 0.3) is 0 Å². The molecule has 1 aliphatic heterocycles. The molecule has 1 aromatic carbocycles. The van der Waals surface area contributed by atoms with Crippen LogP contribution < -0.4 is 0 Å². The monoisotopic (exact) mass is 293 g/mol. The van der Waals surface area contributed by atoms with Crippen LogP contribution in [-0.2, 0) is 20.3 Å². The smallest absolute Gasteiger partial charge is 0.411 e. The summed E-state index contributed by atoms with van der Waals surface area (Å²) in [4.78, 5) is 24.9. The maximum atomic E-state index is 12.8. The highest BCUT2D eigenvalue weighted by Gasteiger charge is 2.77. The number of ketones is 1. The third kappa shape index (κ3) is 1.64. The minimum atomic E-state index is -1.56. The number of amides is 1. The zero-order valence-electron chi connectivity index (χ0n) is 11.1. The number of Topliss-reactive ketones (excluding diaryl/α,β-unsaturated/α-hetero) is 1. The standard InChI is InChI=1S/C14H15NO4S/c1-2-19-13(17)15-11-8-9-12(16)14(11,15)20(18)10-6-4-3-5-7-10/h3-7,11H,2,8-9H2,1H3/t11-,14+,15?,20-/m1/s1. The fourth-order valence-corrected chi connectivity index (χ4v) is 4.79. The van der Waals surface area contributed by atoms with E-state index in [-0.39, 0.29) is 18.4 Å². The number of benzene rings is 1. The van der Waals surface area contributed by atoms with Crippen molar-refractivity contribution in [3.05, 3.63) is 30.3 Å². The Bertz CT molecular complexity index is 588. The van der Waals surface area contributed by atoms with Gasteiger partial charge in [-0.15, -0.1) is 0 Å². The summed E-state index contributed by atoms with van der Waals surface area (Å²) in [6.07, 6.45) is 0.393. The highest BCUT2D eigenvalue weighted by molar-refractivity contribution is 7.87. The summed E-state index contributed by atoms with van der Waals surface area (Å²) in [5, 5.41) is 0. The molecular formula is C14H15NO4S. The molecule has 106 valence electrons. The van der Waals surface area contributed by atoms with Crippen molar-refractivity contribution in [3.63, 3.8) is 0 Å². The molecular weight excluding hydrogens is 278 g/mol. The van der Waals surface area contributed by atoms with Gasteiger partial charge < -0.3 is 4.74 Å². The van der Waals surface area contributed by atoms with Crippen molar-refractivity contribution in [1.82, 2.24) is 4.90 Å². The van der Waals surface area contributed by atoms with Crippen LogP contribution in [-0.4, -0.2) is 38.5 Å². The van der Waals surface area contributed by atoms with E-state index in [4.69, 9.17) is 4.74 Å². The van der Waals surface area contributed by atoms with Crippen molar-refractivity contribution in [3.8, 4) is 0 Å². The zero-order chi connectivity index (χ0) is 14.3. The molecule has 1 saturated heterocycles. The SMILES string of the molecule is CCOC(=O)N1[C@@H]2CCC(=O)[C@@]21[S@](=O)c1ccccc1. The van der Waals surface area contributed by atoms with Gasteiger partial charge in [0.05, 0.1) is 23.4 Å². The van der Waals surface area contributed by atoms with Gasteiger partial charge in [-0.05, 0) is 25.5 Å².